The van der Waals surface area contributed by atoms with E-state index < -0.39 is 34.2 Å². The van der Waals surface area contributed by atoms with Gasteiger partial charge in [-0.05, 0) is 12.1 Å². The molecule has 0 saturated heterocycles. The summed E-state index contributed by atoms with van der Waals surface area (Å²) in [5.41, 5.74) is 4.96. The van der Waals surface area contributed by atoms with Crippen LogP contribution in [0.4, 0.5) is 13.2 Å². The normalized spacial score (nSPS) is 14.5. The van der Waals surface area contributed by atoms with Crippen molar-refractivity contribution in [2.45, 2.75) is 11.1 Å². The molecule has 0 aliphatic carbocycles. The molecule has 0 aromatic heterocycles. The summed E-state index contributed by atoms with van der Waals surface area (Å²) in [6, 6.07) is 5.36. The Labute approximate surface area is 108 Å². The van der Waals surface area contributed by atoms with Crippen LogP contribution in [0.2, 0.25) is 5.02 Å². The molecule has 0 spiro atoms. The van der Waals surface area contributed by atoms with Gasteiger partial charge in [0.1, 0.15) is 0 Å². The van der Waals surface area contributed by atoms with Gasteiger partial charge in [-0.1, -0.05) is 23.7 Å². The lowest BCUT2D eigenvalue weighted by atomic mass is 10.2. The van der Waals surface area contributed by atoms with Gasteiger partial charge in [0.2, 0.25) is 0 Å². The highest BCUT2D eigenvalue weighted by Crippen LogP contribution is 2.30. The lowest BCUT2D eigenvalue weighted by molar-refractivity contribution is -0.165. The molecular formula is C10H11ClF3NO2S. The lowest BCUT2D eigenvalue weighted by Crippen LogP contribution is -2.36. The summed E-state index contributed by atoms with van der Waals surface area (Å²) in [7, 11) is -4.12. The van der Waals surface area contributed by atoms with Gasteiger partial charge in [-0.3, -0.25) is 0 Å². The molecule has 102 valence electrons. The number of benzene rings is 1. The zero-order valence-corrected chi connectivity index (χ0v) is 10.7. The Morgan fingerprint density at radius 2 is 1.83 bits per heavy atom. The maximum absolute atomic E-state index is 12.5. The Morgan fingerprint density at radius 1 is 1.28 bits per heavy atom. The van der Waals surface area contributed by atoms with Crippen LogP contribution in [-0.4, -0.2) is 26.9 Å². The fourth-order valence-electron chi connectivity index (χ4n) is 1.35. The Kier molecular flexibility index (Phi) is 4.63. The van der Waals surface area contributed by atoms with E-state index in [1.165, 1.54) is 24.3 Å². The largest absolute Gasteiger partial charge is 0.394 e. The van der Waals surface area contributed by atoms with Gasteiger partial charge in [0, 0.05) is 6.54 Å². The van der Waals surface area contributed by atoms with Crippen molar-refractivity contribution in [1.29, 1.82) is 0 Å². The van der Waals surface area contributed by atoms with Gasteiger partial charge in [-0.15, -0.1) is 0 Å². The molecule has 1 atom stereocenters. The number of rotatable bonds is 4. The van der Waals surface area contributed by atoms with Crippen molar-refractivity contribution in [3.63, 3.8) is 0 Å². The van der Waals surface area contributed by atoms with Crippen molar-refractivity contribution < 1.29 is 21.6 Å². The van der Waals surface area contributed by atoms with Crippen molar-refractivity contribution in [3.8, 4) is 0 Å². The first-order valence-electron chi connectivity index (χ1n) is 4.92. The molecule has 0 aliphatic heterocycles. The highest BCUT2D eigenvalue weighted by atomic mass is 35.5. The van der Waals surface area contributed by atoms with Gasteiger partial charge in [0.25, 0.3) is 0 Å². The third kappa shape index (κ3) is 3.60. The minimum atomic E-state index is -4.65. The second kappa shape index (κ2) is 5.46. The summed E-state index contributed by atoms with van der Waals surface area (Å²) in [6.45, 7) is -0.785. The van der Waals surface area contributed by atoms with E-state index in [0.717, 1.165) is 0 Å². The smallest absolute Gasteiger partial charge is 0.330 e. The van der Waals surface area contributed by atoms with E-state index in [9.17, 15) is 21.6 Å². The monoisotopic (exact) mass is 301 g/mol. The number of sulfone groups is 1. The highest BCUT2D eigenvalue weighted by molar-refractivity contribution is 7.91. The van der Waals surface area contributed by atoms with E-state index in [1.54, 1.807) is 0 Å². The van der Waals surface area contributed by atoms with Gasteiger partial charge in [-0.2, -0.15) is 13.2 Å². The maximum atomic E-state index is 12.5. The van der Waals surface area contributed by atoms with Crippen LogP contribution in [0.1, 0.15) is 0 Å². The number of hydrogen-bond acceptors (Lipinski definition) is 3. The van der Waals surface area contributed by atoms with E-state index in [4.69, 9.17) is 17.3 Å². The van der Waals surface area contributed by atoms with Gasteiger partial charge in [-0.25, -0.2) is 8.42 Å². The molecule has 0 heterocycles. The molecule has 1 aromatic carbocycles. The average Bonchev–Trinajstić information content (AvgIpc) is 2.24. The Morgan fingerprint density at radius 3 is 2.28 bits per heavy atom. The average molecular weight is 302 g/mol. The minimum absolute atomic E-state index is 0.101. The van der Waals surface area contributed by atoms with E-state index in [2.05, 4.69) is 0 Å². The molecule has 2 N–H and O–H groups in total. The molecule has 0 saturated carbocycles. The molecule has 0 amide bonds. The SMILES string of the molecule is NCC(CS(=O)(=O)c1ccccc1Cl)C(F)(F)F. The summed E-state index contributed by atoms with van der Waals surface area (Å²) >= 11 is 5.66. The Bertz CT molecular complexity index is 516. The standard InChI is InChI=1S/C10H11ClF3NO2S/c11-8-3-1-2-4-9(8)18(16,17)6-7(5-15)10(12,13)14/h1-4,7H,5-6,15H2. The number of halogens is 4. The van der Waals surface area contributed by atoms with Crippen LogP contribution in [-0.2, 0) is 9.84 Å². The lowest BCUT2D eigenvalue weighted by Gasteiger charge is -2.18. The minimum Gasteiger partial charge on any atom is -0.330 e. The molecule has 1 rings (SSSR count). The van der Waals surface area contributed by atoms with Crippen LogP contribution in [0.5, 0.6) is 0 Å². The summed E-state index contributed by atoms with van der Waals surface area (Å²) in [4.78, 5) is -0.311. The Hall–Kier alpha value is -0.790. The van der Waals surface area contributed by atoms with Crippen molar-refractivity contribution in [3.05, 3.63) is 29.3 Å². The van der Waals surface area contributed by atoms with Crippen LogP contribution in [0, 0.1) is 5.92 Å². The number of nitrogens with two attached hydrogens (primary N) is 1. The van der Waals surface area contributed by atoms with Crippen LogP contribution in [0.3, 0.4) is 0 Å². The zero-order valence-electron chi connectivity index (χ0n) is 9.11. The summed E-state index contributed by atoms with van der Waals surface area (Å²) in [5.74, 6) is -3.20. The first-order valence-corrected chi connectivity index (χ1v) is 6.95. The van der Waals surface area contributed by atoms with Crippen LogP contribution >= 0.6 is 11.6 Å². The van der Waals surface area contributed by atoms with Gasteiger partial charge < -0.3 is 5.73 Å². The van der Waals surface area contributed by atoms with E-state index in [1.807, 2.05) is 0 Å². The zero-order chi connectivity index (χ0) is 14.0. The van der Waals surface area contributed by atoms with Crippen LogP contribution < -0.4 is 5.73 Å². The third-order valence-corrected chi connectivity index (χ3v) is 4.65. The van der Waals surface area contributed by atoms with Gasteiger partial charge in [0.15, 0.2) is 9.84 Å². The van der Waals surface area contributed by atoms with Crippen molar-refractivity contribution in [2.24, 2.45) is 11.7 Å². The molecule has 0 aliphatic rings. The molecule has 8 heteroatoms. The van der Waals surface area contributed by atoms with Gasteiger partial charge in [0.05, 0.1) is 21.6 Å². The fourth-order valence-corrected chi connectivity index (χ4v) is 3.52. The molecule has 0 radical (unpaired) electrons. The first kappa shape index (κ1) is 15.3. The first-order chi connectivity index (χ1) is 8.18. The van der Waals surface area contributed by atoms with E-state index >= 15 is 0 Å². The number of alkyl halides is 3. The molecule has 18 heavy (non-hydrogen) atoms. The van der Waals surface area contributed by atoms with E-state index in [0.29, 0.717) is 0 Å². The number of hydrogen-bond donors (Lipinski definition) is 1. The fraction of sp³-hybridized carbons (Fsp3) is 0.400. The van der Waals surface area contributed by atoms with Crippen molar-refractivity contribution >= 4 is 21.4 Å². The van der Waals surface area contributed by atoms with Crippen LogP contribution in [0.15, 0.2) is 29.2 Å². The predicted molar refractivity (Wildman–Crippen MR) is 62.1 cm³/mol. The topological polar surface area (TPSA) is 60.2 Å². The predicted octanol–water partition coefficient (Wildman–Crippen LogP) is 2.25. The molecule has 1 aromatic rings. The summed E-state index contributed by atoms with van der Waals surface area (Å²) in [6.07, 6.45) is -4.65. The second-order valence-electron chi connectivity index (χ2n) is 3.69. The van der Waals surface area contributed by atoms with Crippen molar-refractivity contribution in [2.75, 3.05) is 12.3 Å². The summed E-state index contributed by atoms with van der Waals surface area (Å²) < 4.78 is 61.1. The quantitative estimate of drug-likeness (QED) is 0.928. The van der Waals surface area contributed by atoms with E-state index in [-0.39, 0.29) is 9.92 Å². The molecular weight excluding hydrogens is 291 g/mol. The molecule has 3 nitrogen and oxygen atoms in total. The Balaban J connectivity index is 3.06. The molecule has 1 unspecified atom stereocenters. The third-order valence-electron chi connectivity index (χ3n) is 2.34. The van der Waals surface area contributed by atoms with Gasteiger partial charge >= 0.3 is 6.18 Å². The summed E-state index contributed by atoms with van der Waals surface area (Å²) in [5, 5.41) is -0.101. The maximum Gasteiger partial charge on any atom is 0.394 e. The molecule has 0 bridgehead atoms. The van der Waals surface area contributed by atoms with Crippen molar-refractivity contribution in [1.82, 2.24) is 0 Å². The van der Waals surface area contributed by atoms with Crippen LogP contribution in [0.25, 0.3) is 0 Å². The second-order valence-corrected chi connectivity index (χ2v) is 6.10. The highest BCUT2D eigenvalue weighted by Gasteiger charge is 2.41. The molecule has 0 fully saturated rings.